The molecule has 2 nitrogen and oxygen atoms in total. The highest BCUT2D eigenvalue weighted by molar-refractivity contribution is 5.50. The molecule has 0 amide bonds. The van der Waals surface area contributed by atoms with Crippen LogP contribution >= 0.6 is 0 Å². The zero-order chi connectivity index (χ0) is 23.7. The second-order valence-electron chi connectivity index (χ2n) is 13.6. The first kappa shape index (κ1) is 24.5. The molecule has 7 atom stereocenters. The van der Waals surface area contributed by atoms with E-state index in [0.717, 1.165) is 25.7 Å². The summed E-state index contributed by atoms with van der Waals surface area (Å²) < 4.78 is 0. The van der Waals surface area contributed by atoms with E-state index in [1.807, 2.05) is 0 Å². The molecule has 0 bridgehead atoms. The third kappa shape index (κ3) is 3.25. The summed E-state index contributed by atoms with van der Waals surface area (Å²) in [6, 6.07) is 0. The fourth-order valence-electron chi connectivity index (χ4n) is 8.74. The van der Waals surface area contributed by atoms with E-state index >= 15 is 0 Å². The minimum Gasteiger partial charge on any atom is -0.393 e. The van der Waals surface area contributed by atoms with E-state index in [1.54, 1.807) is 16.7 Å². The van der Waals surface area contributed by atoms with Crippen LogP contribution in [0.15, 0.2) is 22.8 Å². The van der Waals surface area contributed by atoms with Crippen molar-refractivity contribution >= 4 is 0 Å². The van der Waals surface area contributed by atoms with Crippen LogP contribution in [0.4, 0.5) is 0 Å². The summed E-state index contributed by atoms with van der Waals surface area (Å²) in [5.41, 5.74) is 5.76. The number of aliphatic hydroxyl groups excluding tert-OH is 2. The average molecular weight is 443 g/mol. The van der Waals surface area contributed by atoms with Crippen molar-refractivity contribution in [1.82, 2.24) is 0 Å². The van der Waals surface area contributed by atoms with Gasteiger partial charge in [-0.15, -0.1) is 0 Å². The predicted molar refractivity (Wildman–Crippen MR) is 134 cm³/mol. The summed E-state index contributed by atoms with van der Waals surface area (Å²) in [5, 5.41) is 21.3. The van der Waals surface area contributed by atoms with Crippen molar-refractivity contribution in [2.24, 2.45) is 39.4 Å². The Labute approximate surface area is 198 Å². The minimum atomic E-state index is -0.186. The van der Waals surface area contributed by atoms with E-state index in [2.05, 4.69) is 61.5 Å². The van der Waals surface area contributed by atoms with Gasteiger partial charge in [-0.25, -0.2) is 0 Å². The number of fused-ring (bicyclic) bond motifs is 4. The van der Waals surface area contributed by atoms with E-state index in [4.69, 9.17) is 0 Å². The smallest absolute Gasteiger partial charge is 0.0597 e. The summed E-state index contributed by atoms with van der Waals surface area (Å²) in [7, 11) is 0. The highest BCUT2D eigenvalue weighted by Crippen LogP contribution is 2.71. The highest BCUT2D eigenvalue weighted by atomic mass is 16.3. The van der Waals surface area contributed by atoms with Gasteiger partial charge in [0.1, 0.15) is 0 Å². The van der Waals surface area contributed by atoms with E-state index in [1.165, 1.54) is 32.1 Å². The van der Waals surface area contributed by atoms with E-state index in [0.29, 0.717) is 23.2 Å². The van der Waals surface area contributed by atoms with Gasteiger partial charge in [-0.1, -0.05) is 67.0 Å². The van der Waals surface area contributed by atoms with Crippen LogP contribution in [0.1, 0.15) is 113 Å². The Balaban J connectivity index is 1.61. The molecule has 2 heteroatoms. The third-order valence-electron chi connectivity index (χ3n) is 11.9. The van der Waals surface area contributed by atoms with Crippen LogP contribution in [0.5, 0.6) is 0 Å². The second-order valence-corrected chi connectivity index (χ2v) is 13.6. The molecule has 4 aliphatic rings. The topological polar surface area (TPSA) is 40.5 Å². The van der Waals surface area contributed by atoms with Crippen molar-refractivity contribution in [3.8, 4) is 0 Å². The normalized spacial score (nSPS) is 42.8. The third-order valence-corrected chi connectivity index (χ3v) is 11.9. The average Bonchev–Trinajstić information content (AvgIpc) is 3.08. The summed E-state index contributed by atoms with van der Waals surface area (Å²) >= 11 is 0. The fourth-order valence-corrected chi connectivity index (χ4v) is 8.74. The van der Waals surface area contributed by atoms with Crippen molar-refractivity contribution in [2.75, 3.05) is 0 Å². The highest BCUT2D eigenvalue weighted by Gasteiger charge is 2.63. The van der Waals surface area contributed by atoms with Gasteiger partial charge in [0.2, 0.25) is 0 Å². The molecule has 4 aliphatic carbocycles. The van der Waals surface area contributed by atoms with Crippen LogP contribution in [0.2, 0.25) is 0 Å². The summed E-state index contributed by atoms with van der Waals surface area (Å²) in [6.45, 7) is 18.9. The number of hydrogen-bond acceptors (Lipinski definition) is 2. The van der Waals surface area contributed by atoms with Crippen LogP contribution < -0.4 is 0 Å². The van der Waals surface area contributed by atoms with Gasteiger partial charge in [-0.2, -0.15) is 0 Å². The van der Waals surface area contributed by atoms with E-state index in [9.17, 15) is 10.2 Å². The minimum absolute atomic E-state index is 0.0440. The lowest BCUT2D eigenvalue weighted by molar-refractivity contribution is -0.154. The molecule has 182 valence electrons. The first-order valence-corrected chi connectivity index (χ1v) is 13.6. The molecule has 0 aromatic rings. The molecule has 0 saturated heterocycles. The van der Waals surface area contributed by atoms with Crippen LogP contribution in [-0.2, 0) is 0 Å². The fraction of sp³-hybridized carbons (Fsp3) is 0.867. The van der Waals surface area contributed by atoms with Gasteiger partial charge >= 0.3 is 0 Å². The van der Waals surface area contributed by atoms with Gasteiger partial charge in [-0.05, 0) is 108 Å². The van der Waals surface area contributed by atoms with Crippen LogP contribution in [0.3, 0.4) is 0 Å². The summed E-state index contributed by atoms with van der Waals surface area (Å²) in [6.07, 6.45) is 12.5. The van der Waals surface area contributed by atoms with Crippen molar-refractivity contribution in [3.05, 3.63) is 22.8 Å². The van der Waals surface area contributed by atoms with E-state index in [-0.39, 0.29) is 28.5 Å². The number of allylic oxidation sites excluding steroid dienone is 4. The molecule has 0 spiro atoms. The summed E-state index contributed by atoms with van der Waals surface area (Å²) in [4.78, 5) is 0. The predicted octanol–water partition coefficient (Wildman–Crippen LogP) is 7.45. The standard InChI is InChI=1S/C30H50O2/c1-19(2)25(31)12-9-20(3)22-10-11-23-21-13-18-30(8)27(4,5)26(32)15-17-29(30,7)24(21)14-16-28(22,23)6/h11,19-20,22,25-26,31-32H,9-10,12-18H2,1-8H3. The monoisotopic (exact) mass is 442 g/mol. The zero-order valence-electron chi connectivity index (χ0n) is 22.2. The van der Waals surface area contributed by atoms with Crippen LogP contribution in [-0.4, -0.2) is 22.4 Å². The largest absolute Gasteiger partial charge is 0.393 e. The molecule has 2 N–H and O–H groups in total. The Bertz CT molecular complexity index is 804. The molecule has 1 fully saturated rings. The van der Waals surface area contributed by atoms with Crippen LogP contribution in [0.25, 0.3) is 0 Å². The quantitative estimate of drug-likeness (QED) is 0.464. The number of aliphatic hydroxyl groups is 2. The van der Waals surface area contributed by atoms with Gasteiger partial charge in [0, 0.05) is 0 Å². The molecule has 0 aliphatic heterocycles. The van der Waals surface area contributed by atoms with Crippen molar-refractivity contribution in [2.45, 2.75) is 125 Å². The maximum atomic E-state index is 10.9. The lowest BCUT2D eigenvalue weighted by Gasteiger charge is -2.65. The van der Waals surface area contributed by atoms with E-state index < -0.39 is 0 Å². The van der Waals surface area contributed by atoms with Gasteiger partial charge in [0.15, 0.2) is 0 Å². The lowest BCUT2D eigenvalue weighted by Crippen LogP contribution is -2.60. The van der Waals surface area contributed by atoms with Gasteiger partial charge in [0.05, 0.1) is 12.2 Å². The zero-order valence-corrected chi connectivity index (χ0v) is 22.2. The Morgan fingerprint density at radius 1 is 0.969 bits per heavy atom. The Hall–Kier alpha value is -0.600. The first-order chi connectivity index (χ1) is 14.8. The Morgan fingerprint density at radius 3 is 2.31 bits per heavy atom. The molecule has 0 radical (unpaired) electrons. The van der Waals surface area contributed by atoms with Gasteiger partial charge < -0.3 is 10.2 Å². The molecule has 0 aromatic heterocycles. The molecule has 1 saturated carbocycles. The van der Waals surface area contributed by atoms with Crippen molar-refractivity contribution in [1.29, 1.82) is 0 Å². The van der Waals surface area contributed by atoms with Crippen molar-refractivity contribution in [3.63, 3.8) is 0 Å². The lowest BCUT2D eigenvalue weighted by atomic mass is 9.39. The molecular formula is C30H50O2. The molecule has 7 unspecified atom stereocenters. The molecule has 0 heterocycles. The van der Waals surface area contributed by atoms with Crippen LogP contribution in [0, 0.1) is 39.4 Å². The molecule has 4 rings (SSSR count). The number of rotatable bonds is 5. The molecule has 32 heavy (non-hydrogen) atoms. The summed E-state index contributed by atoms with van der Waals surface area (Å²) in [5.74, 6) is 1.71. The maximum absolute atomic E-state index is 10.9. The first-order valence-electron chi connectivity index (χ1n) is 13.6. The SMILES string of the molecule is CC(C)C(O)CCC(C)C1CC=C2C3=C(CCC21C)C1(C)CCC(O)C(C)(C)C1(C)CC3. The Morgan fingerprint density at radius 2 is 1.66 bits per heavy atom. The van der Waals surface area contributed by atoms with Gasteiger partial charge in [0.25, 0.3) is 0 Å². The second kappa shape index (κ2) is 7.98. The maximum Gasteiger partial charge on any atom is 0.0597 e. The molecule has 0 aromatic carbocycles. The van der Waals surface area contributed by atoms with Crippen molar-refractivity contribution < 1.29 is 10.2 Å². The number of hydrogen-bond donors (Lipinski definition) is 2. The Kier molecular flexibility index (Phi) is 6.11. The molecular weight excluding hydrogens is 392 g/mol. The van der Waals surface area contributed by atoms with Gasteiger partial charge in [-0.3, -0.25) is 0 Å².